The van der Waals surface area contributed by atoms with E-state index in [0.717, 1.165) is 5.56 Å². The molecule has 0 heterocycles. The van der Waals surface area contributed by atoms with Gasteiger partial charge in [-0.1, -0.05) is 30.3 Å². The van der Waals surface area contributed by atoms with Gasteiger partial charge in [-0.15, -0.1) is 0 Å². The number of aliphatic carboxylic acids is 1. The fourth-order valence-electron chi connectivity index (χ4n) is 1.60. The second-order valence-electron chi connectivity index (χ2n) is 5.04. The van der Waals surface area contributed by atoms with Crippen LogP contribution >= 0.6 is 0 Å². The number of rotatable bonds is 5. The van der Waals surface area contributed by atoms with Crippen LogP contribution in [0.2, 0.25) is 0 Å². The fourth-order valence-corrected chi connectivity index (χ4v) is 1.60. The molecule has 1 aromatic carbocycles. The second-order valence-corrected chi connectivity index (χ2v) is 5.04. The maximum absolute atomic E-state index is 12.1. The predicted octanol–water partition coefficient (Wildman–Crippen LogP) is 1.40. The van der Waals surface area contributed by atoms with Crippen molar-refractivity contribution in [2.24, 2.45) is 5.73 Å². The zero-order valence-electron chi connectivity index (χ0n) is 11.5. The lowest BCUT2D eigenvalue weighted by atomic mass is 10.0. The van der Waals surface area contributed by atoms with Gasteiger partial charge < -0.3 is 15.7 Å². The molecular formula is C14H20N2O3. The van der Waals surface area contributed by atoms with Crippen LogP contribution in [0, 0.1) is 0 Å². The molecule has 19 heavy (non-hydrogen) atoms. The van der Waals surface area contributed by atoms with Crippen molar-refractivity contribution in [3.63, 3.8) is 0 Å². The van der Waals surface area contributed by atoms with Crippen LogP contribution in [0.15, 0.2) is 30.3 Å². The standard InChI is InChI=1S/C14H20N2O3/c1-14(2,13(18)19)16(3)12(17)9-11(15)10-7-5-4-6-8-10/h4-8,11H,9,15H2,1-3H3,(H,18,19). The van der Waals surface area contributed by atoms with E-state index in [1.165, 1.54) is 25.8 Å². The van der Waals surface area contributed by atoms with Gasteiger partial charge in [0.25, 0.3) is 0 Å². The molecule has 1 atom stereocenters. The van der Waals surface area contributed by atoms with Crippen molar-refractivity contribution in [1.29, 1.82) is 0 Å². The molecule has 0 aliphatic rings. The molecule has 0 aliphatic heterocycles. The zero-order chi connectivity index (χ0) is 14.6. The first-order chi connectivity index (χ1) is 8.76. The monoisotopic (exact) mass is 264 g/mol. The first kappa shape index (κ1) is 15.2. The van der Waals surface area contributed by atoms with E-state index in [1.54, 1.807) is 0 Å². The summed E-state index contributed by atoms with van der Waals surface area (Å²) in [6.45, 7) is 2.97. The topological polar surface area (TPSA) is 83.6 Å². The molecule has 0 bridgehead atoms. The molecule has 0 saturated carbocycles. The van der Waals surface area contributed by atoms with Crippen LogP contribution in [-0.4, -0.2) is 34.5 Å². The maximum atomic E-state index is 12.1. The molecule has 0 spiro atoms. The summed E-state index contributed by atoms with van der Waals surface area (Å²) in [5.41, 5.74) is 5.57. The van der Waals surface area contributed by atoms with Gasteiger partial charge in [0.15, 0.2) is 0 Å². The molecular weight excluding hydrogens is 244 g/mol. The average molecular weight is 264 g/mol. The number of hydrogen-bond acceptors (Lipinski definition) is 3. The number of nitrogens with two attached hydrogens (primary N) is 1. The first-order valence-corrected chi connectivity index (χ1v) is 6.07. The van der Waals surface area contributed by atoms with Crippen molar-refractivity contribution in [3.8, 4) is 0 Å². The number of likely N-dealkylation sites (N-methyl/N-ethyl adjacent to an activating group) is 1. The Morgan fingerprint density at radius 1 is 1.32 bits per heavy atom. The molecule has 1 aromatic rings. The van der Waals surface area contributed by atoms with Crippen molar-refractivity contribution >= 4 is 11.9 Å². The normalized spacial score (nSPS) is 12.8. The van der Waals surface area contributed by atoms with Crippen molar-refractivity contribution in [2.75, 3.05) is 7.05 Å². The Kier molecular flexibility index (Phi) is 4.67. The highest BCUT2D eigenvalue weighted by Crippen LogP contribution is 2.19. The molecule has 1 amide bonds. The minimum Gasteiger partial charge on any atom is -0.480 e. The molecule has 3 N–H and O–H groups in total. The predicted molar refractivity (Wildman–Crippen MR) is 72.5 cm³/mol. The largest absolute Gasteiger partial charge is 0.480 e. The Hall–Kier alpha value is -1.88. The molecule has 104 valence electrons. The Morgan fingerprint density at radius 2 is 1.84 bits per heavy atom. The summed E-state index contributed by atoms with van der Waals surface area (Å²) in [6, 6.07) is 8.84. The summed E-state index contributed by atoms with van der Waals surface area (Å²) >= 11 is 0. The highest BCUT2D eigenvalue weighted by molar-refractivity contribution is 5.86. The van der Waals surface area contributed by atoms with Gasteiger partial charge in [-0.25, -0.2) is 4.79 Å². The maximum Gasteiger partial charge on any atom is 0.329 e. The molecule has 1 rings (SSSR count). The van der Waals surface area contributed by atoms with Gasteiger partial charge >= 0.3 is 5.97 Å². The van der Waals surface area contributed by atoms with Crippen LogP contribution in [0.4, 0.5) is 0 Å². The van der Waals surface area contributed by atoms with Crippen molar-refractivity contribution in [3.05, 3.63) is 35.9 Å². The van der Waals surface area contributed by atoms with Crippen LogP contribution in [0.1, 0.15) is 31.9 Å². The third-order valence-corrected chi connectivity index (χ3v) is 3.36. The van der Waals surface area contributed by atoms with E-state index < -0.39 is 17.6 Å². The van der Waals surface area contributed by atoms with E-state index in [1.807, 2.05) is 30.3 Å². The third kappa shape index (κ3) is 3.54. The number of amides is 1. The van der Waals surface area contributed by atoms with Gasteiger partial charge in [-0.05, 0) is 19.4 Å². The van der Waals surface area contributed by atoms with Crippen LogP contribution in [0.3, 0.4) is 0 Å². The summed E-state index contributed by atoms with van der Waals surface area (Å²) < 4.78 is 0. The average Bonchev–Trinajstić information content (AvgIpc) is 2.38. The molecule has 0 fully saturated rings. The van der Waals surface area contributed by atoms with Crippen molar-refractivity contribution < 1.29 is 14.7 Å². The number of nitrogens with zero attached hydrogens (tertiary/aromatic N) is 1. The number of carboxylic acid groups (broad SMARTS) is 1. The Morgan fingerprint density at radius 3 is 2.32 bits per heavy atom. The number of carbonyl (C=O) groups is 2. The molecule has 0 saturated heterocycles. The van der Waals surface area contributed by atoms with Gasteiger partial charge in [-0.2, -0.15) is 0 Å². The Labute approximate surface area is 113 Å². The third-order valence-electron chi connectivity index (χ3n) is 3.36. The Balaban J connectivity index is 2.73. The van der Waals surface area contributed by atoms with E-state index in [4.69, 9.17) is 10.8 Å². The van der Waals surface area contributed by atoms with Gasteiger partial charge in [0.1, 0.15) is 5.54 Å². The lowest BCUT2D eigenvalue weighted by Crippen LogP contribution is -2.51. The number of hydrogen-bond donors (Lipinski definition) is 2. The summed E-state index contributed by atoms with van der Waals surface area (Å²) in [4.78, 5) is 24.4. The van der Waals surface area contributed by atoms with Crippen LogP contribution in [0.5, 0.6) is 0 Å². The SMILES string of the molecule is CN(C(=O)CC(N)c1ccccc1)C(C)(C)C(=O)O. The minimum atomic E-state index is -1.24. The van der Waals surface area contributed by atoms with E-state index in [9.17, 15) is 9.59 Å². The molecule has 0 aromatic heterocycles. The van der Waals surface area contributed by atoms with Gasteiger partial charge in [-0.3, -0.25) is 4.79 Å². The highest BCUT2D eigenvalue weighted by Gasteiger charge is 2.35. The zero-order valence-corrected chi connectivity index (χ0v) is 11.5. The van der Waals surface area contributed by atoms with Crippen LogP contribution in [-0.2, 0) is 9.59 Å². The fraction of sp³-hybridized carbons (Fsp3) is 0.429. The smallest absolute Gasteiger partial charge is 0.329 e. The summed E-state index contributed by atoms with van der Waals surface area (Å²) in [5, 5.41) is 9.09. The van der Waals surface area contributed by atoms with Gasteiger partial charge in [0, 0.05) is 19.5 Å². The van der Waals surface area contributed by atoms with Crippen molar-refractivity contribution in [1.82, 2.24) is 4.90 Å². The quantitative estimate of drug-likeness (QED) is 0.842. The van der Waals surface area contributed by atoms with E-state index >= 15 is 0 Å². The lowest BCUT2D eigenvalue weighted by Gasteiger charge is -2.32. The molecule has 0 radical (unpaired) electrons. The highest BCUT2D eigenvalue weighted by atomic mass is 16.4. The number of carbonyl (C=O) groups excluding carboxylic acids is 1. The first-order valence-electron chi connectivity index (χ1n) is 6.07. The second kappa shape index (κ2) is 5.84. The van der Waals surface area contributed by atoms with Crippen LogP contribution < -0.4 is 5.73 Å². The molecule has 0 aliphatic carbocycles. The van der Waals surface area contributed by atoms with Crippen LogP contribution in [0.25, 0.3) is 0 Å². The molecule has 1 unspecified atom stereocenters. The van der Waals surface area contributed by atoms with E-state index in [0.29, 0.717) is 0 Å². The van der Waals surface area contributed by atoms with E-state index in [-0.39, 0.29) is 12.3 Å². The van der Waals surface area contributed by atoms with Gasteiger partial charge in [0.2, 0.25) is 5.91 Å². The molecule has 5 heteroatoms. The lowest BCUT2D eigenvalue weighted by molar-refractivity contribution is -0.155. The van der Waals surface area contributed by atoms with E-state index in [2.05, 4.69) is 0 Å². The number of carboxylic acids is 1. The summed E-state index contributed by atoms with van der Waals surface area (Å²) in [7, 11) is 1.48. The van der Waals surface area contributed by atoms with Gasteiger partial charge in [0.05, 0.1) is 0 Å². The summed E-state index contributed by atoms with van der Waals surface area (Å²) in [6.07, 6.45) is 0.0806. The minimum absolute atomic E-state index is 0.0806. The number of benzene rings is 1. The summed E-state index contributed by atoms with van der Waals surface area (Å²) in [5.74, 6) is -1.33. The Bertz CT molecular complexity index is 457. The molecule has 5 nitrogen and oxygen atoms in total. The van der Waals surface area contributed by atoms with Crippen molar-refractivity contribution in [2.45, 2.75) is 31.8 Å².